The lowest BCUT2D eigenvalue weighted by molar-refractivity contribution is 0.411. The molecule has 1 heterocycles. The van der Waals surface area contributed by atoms with E-state index in [2.05, 4.69) is 36.6 Å². The van der Waals surface area contributed by atoms with E-state index in [0.717, 1.165) is 18.8 Å². The van der Waals surface area contributed by atoms with Crippen LogP contribution >= 0.6 is 0 Å². The van der Waals surface area contributed by atoms with Crippen LogP contribution in [0.15, 0.2) is 30.9 Å². The summed E-state index contributed by atoms with van der Waals surface area (Å²) in [6.45, 7) is 12.2. The smallest absolute Gasteiger partial charge is 0.121 e. The Morgan fingerprint density at radius 1 is 1.39 bits per heavy atom. The van der Waals surface area contributed by atoms with Gasteiger partial charge in [0.2, 0.25) is 0 Å². The van der Waals surface area contributed by atoms with E-state index in [4.69, 9.17) is 4.74 Å². The summed E-state index contributed by atoms with van der Waals surface area (Å²) in [5.74, 6) is 1.60. The van der Waals surface area contributed by atoms with Gasteiger partial charge in [-0.2, -0.15) is 0 Å². The molecule has 18 heavy (non-hydrogen) atoms. The van der Waals surface area contributed by atoms with Crippen LogP contribution in [0.5, 0.6) is 5.75 Å². The fraction of sp³-hybridized carbons (Fsp3) is 0.500. The van der Waals surface area contributed by atoms with Crippen LogP contribution < -0.4 is 9.64 Å². The van der Waals surface area contributed by atoms with Gasteiger partial charge in [0.05, 0.1) is 7.11 Å². The molecule has 0 aromatic heterocycles. The van der Waals surface area contributed by atoms with Crippen molar-refractivity contribution in [2.75, 3.05) is 25.1 Å². The van der Waals surface area contributed by atoms with Crippen molar-refractivity contribution in [2.45, 2.75) is 27.2 Å². The normalized spacial score (nSPS) is 18.0. The van der Waals surface area contributed by atoms with Gasteiger partial charge in [-0.3, -0.25) is 0 Å². The van der Waals surface area contributed by atoms with Gasteiger partial charge in [0, 0.05) is 18.8 Å². The quantitative estimate of drug-likeness (QED) is 0.747. The SMILES string of the molecule is C=C[C@H]1CCN(c2ccc(OC)c(C)c2)C1.CC. The largest absolute Gasteiger partial charge is 0.496 e. The molecule has 100 valence electrons. The Bertz CT molecular complexity index is 387. The van der Waals surface area contributed by atoms with Crippen LogP contribution in [-0.4, -0.2) is 20.2 Å². The Hall–Kier alpha value is -1.44. The molecule has 1 aliphatic heterocycles. The second kappa shape index (κ2) is 7.10. The molecule has 0 N–H and O–H groups in total. The van der Waals surface area contributed by atoms with E-state index in [9.17, 15) is 0 Å². The molecular formula is C16H25NO. The summed E-state index contributed by atoms with van der Waals surface area (Å²) < 4.78 is 5.27. The summed E-state index contributed by atoms with van der Waals surface area (Å²) >= 11 is 0. The average Bonchev–Trinajstić information content (AvgIpc) is 2.90. The zero-order valence-electron chi connectivity index (χ0n) is 12.1. The molecule has 1 aromatic carbocycles. The molecule has 0 amide bonds. The molecule has 0 radical (unpaired) electrons. The highest BCUT2D eigenvalue weighted by Crippen LogP contribution is 2.28. The lowest BCUT2D eigenvalue weighted by Crippen LogP contribution is -2.19. The van der Waals surface area contributed by atoms with E-state index in [1.165, 1.54) is 17.7 Å². The monoisotopic (exact) mass is 247 g/mol. The van der Waals surface area contributed by atoms with Gasteiger partial charge >= 0.3 is 0 Å². The van der Waals surface area contributed by atoms with Crippen molar-refractivity contribution < 1.29 is 4.74 Å². The van der Waals surface area contributed by atoms with Gasteiger partial charge in [0.15, 0.2) is 0 Å². The first kappa shape index (κ1) is 14.6. The molecule has 1 aromatic rings. The molecule has 2 heteroatoms. The van der Waals surface area contributed by atoms with Gasteiger partial charge in [-0.25, -0.2) is 0 Å². The molecule has 2 nitrogen and oxygen atoms in total. The van der Waals surface area contributed by atoms with Crippen LogP contribution in [0.1, 0.15) is 25.8 Å². The number of nitrogens with zero attached hydrogens (tertiary/aromatic N) is 1. The van der Waals surface area contributed by atoms with E-state index in [0.29, 0.717) is 5.92 Å². The first-order valence-electron chi connectivity index (χ1n) is 6.76. The number of rotatable bonds is 3. The number of methoxy groups -OCH3 is 1. The highest BCUT2D eigenvalue weighted by atomic mass is 16.5. The van der Waals surface area contributed by atoms with Gasteiger partial charge in [-0.05, 0) is 43.0 Å². The molecule has 1 saturated heterocycles. The highest BCUT2D eigenvalue weighted by molar-refractivity contribution is 5.53. The minimum atomic E-state index is 0.641. The number of hydrogen-bond donors (Lipinski definition) is 0. The van der Waals surface area contributed by atoms with Crippen LogP contribution in [0.2, 0.25) is 0 Å². The van der Waals surface area contributed by atoms with Crippen molar-refractivity contribution in [1.29, 1.82) is 0 Å². The molecule has 1 fully saturated rings. The predicted octanol–water partition coefficient (Wildman–Crippen LogP) is 4.04. The summed E-state index contributed by atoms with van der Waals surface area (Å²) in [4.78, 5) is 2.42. The fourth-order valence-electron chi connectivity index (χ4n) is 2.27. The average molecular weight is 247 g/mol. The van der Waals surface area contributed by atoms with Crippen molar-refractivity contribution in [1.82, 2.24) is 0 Å². The molecule has 1 aliphatic rings. The summed E-state index contributed by atoms with van der Waals surface area (Å²) in [5, 5.41) is 0. The van der Waals surface area contributed by atoms with Crippen molar-refractivity contribution in [3.8, 4) is 5.75 Å². The number of hydrogen-bond acceptors (Lipinski definition) is 2. The molecule has 0 unspecified atom stereocenters. The summed E-state index contributed by atoms with van der Waals surface area (Å²) in [6.07, 6.45) is 3.28. The number of aryl methyl sites for hydroxylation is 1. The number of ether oxygens (including phenoxy) is 1. The minimum Gasteiger partial charge on any atom is -0.496 e. The van der Waals surface area contributed by atoms with Gasteiger partial charge in [0.1, 0.15) is 5.75 Å². The first-order valence-corrected chi connectivity index (χ1v) is 6.76. The zero-order chi connectivity index (χ0) is 13.5. The third kappa shape index (κ3) is 3.28. The third-order valence-electron chi connectivity index (χ3n) is 3.30. The van der Waals surface area contributed by atoms with Crippen molar-refractivity contribution in [2.24, 2.45) is 5.92 Å². The van der Waals surface area contributed by atoms with E-state index in [-0.39, 0.29) is 0 Å². The zero-order valence-corrected chi connectivity index (χ0v) is 12.1. The summed E-state index contributed by atoms with van der Waals surface area (Å²) in [7, 11) is 1.71. The first-order chi connectivity index (χ1) is 8.74. The molecular weight excluding hydrogens is 222 g/mol. The maximum atomic E-state index is 5.27. The van der Waals surface area contributed by atoms with E-state index in [1.807, 2.05) is 19.9 Å². The van der Waals surface area contributed by atoms with Crippen LogP contribution in [0.4, 0.5) is 5.69 Å². The summed E-state index contributed by atoms with van der Waals surface area (Å²) in [5.41, 5.74) is 2.49. The van der Waals surface area contributed by atoms with Crippen molar-refractivity contribution >= 4 is 5.69 Å². The third-order valence-corrected chi connectivity index (χ3v) is 3.30. The van der Waals surface area contributed by atoms with Gasteiger partial charge in [-0.1, -0.05) is 19.9 Å². The topological polar surface area (TPSA) is 12.5 Å². The van der Waals surface area contributed by atoms with Crippen LogP contribution in [0.25, 0.3) is 0 Å². The van der Waals surface area contributed by atoms with Crippen LogP contribution in [-0.2, 0) is 0 Å². The maximum Gasteiger partial charge on any atom is 0.121 e. The van der Waals surface area contributed by atoms with Gasteiger partial charge in [0.25, 0.3) is 0 Å². The Morgan fingerprint density at radius 2 is 2.11 bits per heavy atom. The molecule has 0 aliphatic carbocycles. The molecule has 0 spiro atoms. The molecule has 2 rings (SSSR count). The lowest BCUT2D eigenvalue weighted by Gasteiger charge is -2.19. The molecule has 0 saturated carbocycles. The standard InChI is InChI=1S/C14H19NO.C2H6/c1-4-12-7-8-15(10-12)13-5-6-14(16-3)11(2)9-13;1-2/h4-6,9,12H,1,7-8,10H2,2-3H3;1-2H3/t12-;/m0./s1. The highest BCUT2D eigenvalue weighted by Gasteiger charge is 2.20. The van der Waals surface area contributed by atoms with E-state index < -0.39 is 0 Å². The molecule has 1 atom stereocenters. The van der Waals surface area contributed by atoms with Crippen LogP contribution in [0.3, 0.4) is 0 Å². The van der Waals surface area contributed by atoms with E-state index >= 15 is 0 Å². The maximum absolute atomic E-state index is 5.27. The Labute approximate surface area is 111 Å². The minimum absolute atomic E-state index is 0.641. The van der Waals surface area contributed by atoms with E-state index in [1.54, 1.807) is 7.11 Å². The van der Waals surface area contributed by atoms with Crippen molar-refractivity contribution in [3.63, 3.8) is 0 Å². The lowest BCUT2D eigenvalue weighted by atomic mass is 10.1. The fourth-order valence-corrected chi connectivity index (χ4v) is 2.27. The number of benzene rings is 1. The number of anilines is 1. The van der Waals surface area contributed by atoms with Crippen molar-refractivity contribution in [3.05, 3.63) is 36.4 Å². The second-order valence-electron chi connectivity index (χ2n) is 4.38. The van der Waals surface area contributed by atoms with Gasteiger partial charge < -0.3 is 9.64 Å². The van der Waals surface area contributed by atoms with Crippen LogP contribution in [0, 0.1) is 12.8 Å². The Balaban J connectivity index is 0.000000771. The Kier molecular flexibility index (Phi) is 5.76. The predicted molar refractivity (Wildman–Crippen MR) is 79.6 cm³/mol. The second-order valence-corrected chi connectivity index (χ2v) is 4.38. The summed E-state index contributed by atoms with van der Waals surface area (Å²) in [6, 6.07) is 6.38. The van der Waals surface area contributed by atoms with Gasteiger partial charge in [-0.15, -0.1) is 6.58 Å². The molecule has 0 bridgehead atoms. The Morgan fingerprint density at radius 3 is 2.61 bits per heavy atom.